The summed E-state index contributed by atoms with van der Waals surface area (Å²) >= 11 is 0. The SMILES string of the molecule is CCNC(c1ccncc1)c1cnccc1C(F)(F)F. The van der Waals surface area contributed by atoms with E-state index in [0.29, 0.717) is 6.54 Å². The molecule has 0 saturated carbocycles. The smallest absolute Gasteiger partial charge is 0.306 e. The van der Waals surface area contributed by atoms with Crippen molar-refractivity contribution in [2.24, 2.45) is 0 Å². The monoisotopic (exact) mass is 281 g/mol. The summed E-state index contributed by atoms with van der Waals surface area (Å²) in [7, 11) is 0. The van der Waals surface area contributed by atoms with Crippen molar-refractivity contribution >= 4 is 0 Å². The van der Waals surface area contributed by atoms with Crippen molar-refractivity contribution < 1.29 is 13.2 Å². The van der Waals surface area contributed by atoms with Crippen molar-refractivity contribution in [2.75, 3.05) is 6.54 Å². The molecule has 6 heteroatoms. The number of aromatic nitrogens is 2. The number of pyridine rings is 2. The summed E-state index contributed by atoms with van der Waals surface area (Å²) in [5.74, 6) is 0. The first-order valence-electron chi connectivity index (χ1n) is 6.18. The van der Waals surface area contributed by atoms with Crippen LogP contribution in [0.4, 0.5) is 13.2 Å². The Bertz CT molecular complexity index is 555. The zero-order valence-electron chi connectivity index (χ0n) is 10.9. The Hall–Kier alpha value is -1.95. The zero-order chi connectivity index (χ0) is 14.6. The first kappa shape index (κ1) is 14.5. The molecule has 0 fully saturated rings. The molecule has 0 spiro atoms. The lowest BCUT2D eigenvalue weighted by Gasteiger charge is -2.22. The fourth-order valence-electron chi connectivity index (χ4n) is 2.06. The van der Waals surface area contributed by atoms with Crippen LogP contribution in [0, 0.1) is 0 Å². The van der Waals surface area contributed by atoms with Crippen LogP contribution in [0.5, 0.6) is 0 Å². The van der Waals surface area contributed by atoms with Crippen LogP contribution in [0.25, 0.3) is 0 Å². The molecule has 2 heterocycles. The van der Waals surface area contributed by atoms with Gasteiger partial charge in [-0.2, -0.15) is 13.2 Å². The Morgan fingerprint density at radius 2 is 1.75 bits per heavy atom. The van der Waals surface area contributed by atoms with E-state index in [1.54, 1.807) is 24.5 Å². The molecule has 0 bridgehead atoms. The van der Waals surface area contributed by atoms with Crippen molar-refractivity contribution in [3.8, 4) is 0 Å². The molecule has 2 rings (SSSR count). The lowest BCUT2D eigenvalue weighted by Crippen LogP contribution is -2.25. The molecule has 0 aliphatic heterocycles. The van der Waals surface area contributed by atoms with Gasteiger partial charge < -0.3 is 5.32 Å². The second-order valence-corrected chi connectivity index (χ2v) is 4.23. The lowest BCUT2D eigenvalue weighted by molar-refractivity contribution is -0.138. The molecule has 0 amide bonds. The van der Waals surface area contributed by atoms with Gasteiger partial charge in [-0.1, -0.05) is 6.92 Å². The lowest BCUT2D eigenvalue weighted by atomic mass is 9.96. The van der Waals surface area contributed by atoms with E-state index in [2.05, 4.69) is 15.3 Å². The molecule has 1 N–H and O–H groups in total. The second kappa shape index (κ2) is 6.00. The first-order chi connectivity index (χ1) is 9.54. The van der Waals surface area contributed by atoms with Gasteiger partial charge in [-0.3, -0.25) is 9.97 Å². The number of halogens is 3. The standard InChI is InChI=1S/C14H14F3N3/c1-2-20-13(10-3-6-18-7-4-10)11-9-19-8-5-12(11)14(15,16)17/h3-9,13,20H,2H2,1H3. The average Bonchev–Trinajstić information content (AvgIpc) is 2.45. The summed E-state index contributed by atoms with van der Waals surface area (Å²) in [4.78, 5) is 7.72. The molecule has 0 saturated heterocycles. The maximum atomic E-state index is 13.1. The van der Waals surface area contributed by atoms with Crippen molar-refractivity contribution in [1.82, 2.24) is 15.3 Å². The fraction of sp³-hybridized carbons (Fsp3) is 0.286. The van der Waals surface area contributed by atoms with Gasteiger partial charge in [-0.15, -0.1) is 0 Å². The highest BCUT2D eigenvalue weighted by Gasteiger charge is 2.35. The predicted octanol–water partition coefficient (Wildman–Crippen LogP) is 3.19. The molecule has 20 heavy (non-hydrogen) atoms. The largest absolute Gasteiger partial charge is 0.416 e. The molecule has 106 valence electrons. The van der Waals surface area contributed by atoms with Gasteiger partial charge in [0, 0.05) is 30.4 Å². The Kier molecular flexibility index (Phi) is 4.34. The fourth-order valence-corrected chi connectivity index (χ4v) is 2.06. The minimum absolute atomic E-state index is 0.119. The predicted molar refractivity (Wildman–Crippen MR) is 69.0 cm³/mol. The normalized spacial score (nSPS) is 13.2. The number of hydrogen-bond acceptors (Lipinski definition) is 3. The van der Waals surface area contributed by atoms with Crippen LogP contribution in [-0.2, 0) is 6.18 Å². The summed E-state index contributed by atoms with van der Waals surface area (Å²) in [6.45, 7) is 2.39. The number of nitrogens with zero attached hydrogens (tertiary/aromatic N) is 2. The topological polar surface area (TPSA) is 37.8 Å². The molecule has 0 aliphatic rings. The molecule has 0 aromatic carbocycles. The second-order valence-electron chi connectivity index (χ2n) is 4.23. The van der Waals surface area contributed by atoms with Crippen LogP contribution in [-0.4, -0.2) is 16.5 Å². The summed E-state index contributed by atoms with van der Waals surface area (Å²) < 4.78 is 39.3. The molecule has 0 aliphatic carbocycles. The van der Waals surface area contributed by atoms with Crippen molar-refractivity contribution in [2.45, 2.75) is 19.1 Å². The summed E-state index contributed by atoms with van der Waals surface area (Å²) in [6.07, 6.45) is 1.13. The number of rotatable bonds is 4. The minimum Gasteiger partial charge on any atom is -0.306 e. The van der Waals surface area contributed by atoms with Crippen LogP contribution in [0.3, 0.4) is 0 Å². The van der Waals surface area contributed by atoms with Crippen molar-refractivity contribution in [3.63, 3.8) is 0 Å². The van der Waals surface area contributed by atoms with Gasteiger partial charge in [0.05, 0.1) is 11.6 Å². The Morgan fingerprint density at radius 1 is 1.10 bits per heavy atom. The van der Waals surface area contributed by atoms with Gasteiger partial charge in [0.1, 0.15) is 0 Å². The van der Waals surface area contributed by atoms with E-state index in [1.807, 2.05) is 6.92 Å². The molecule has 2 aromatic rings. The van der Waals surface area contributed by atoms with Gasteiger partial charge in [-0.25, -0.2) is 0 Å². The van der Waals surface area contributed by atoms with E-state index in [0.717, 1.165) is 17.8 Å². The van der Waals surface area contributed by atoms with E-state index in [4.69, 9.17) is 0 Å². The maximum absolute atomic E-state index is 13.1. The molecule has 0 radical (unpaired) electrons. The third kappa shape index (κ3) is 3.14. The van der Waals surface area contributed by atoms with Gasteiger partial charge >= 0.3 is 6.18 Å². The number of nitrogens with one attached hydrogen (secondary N) is 1. The van der Waals surface area contributed by atoms with Crippen LogP contribution in [0.2, 0.25) is 0 Å². The zero-order valence-corrected chi connectivity index (χ0v) is 10.9. The average molecular weight is 281 g/mol. The van der Waals surface area contributed by atoms with E-state index >= 15 is 0 Å². The number of hydrogen-bond donors (Lipinski definition) is 1. The maximum Gasteiger partial charge on any atom is 0.416 e. The highest BCUT2D eigenvalue weighted by Crippen LogP contribution is 2.35. The first-order valence-corrected chi connectivity index (χ1v) is 6.18. The quantitative estimate of drug-likeness (QED) is 0.935. The Morgan fingerprint density at radius 3 is 2.35 bits per heavy atom. The van der Waals surface area contributed by atoms with E-state index in [9.17, 15) is 13.2 Å². The number of alkyl halides is 3. The van der Waals surface area contributed by atoms with Gasteiger partial charge in [-0.05, 0) is 30.3 Å². The van der Waals surface area contributed by atoms with Crippen LogP contribution in [0.15, 0.2) is 43.0 Å². The van der Waals surface area contributed by atoms with Gasteiger partial charge in [0.15, 0.2) is 0 Å². The van der Waals surface area contributed by atoms with E-state index in [1.165, 1.54) is 6.20 Å². The Balaban J connectivity index is 2.51. The third-order valence-electron chi connectivity index (χ3n) is 2.92. The van der Waals surface area contributed by atoms with Gasteiger partial charge in [0.25, 0.3) is 0 Å². The highest BCUT2D eigenvalue weighted by molar-refractivity contribution is 5.36. The van der Waals surface area contributed by atoms with Crippen molar-refractivity contribution in [1.29, 1.82) is 0 Å². The van der Waals surface area contributed by atoms with E-state index < -0.39 is 17.8 Å². The molecule has 1 unspecified atom stereocenters. The summed E-state index contributed by atoms with van der Waals surface area (Å²) in [6, 6.07) is 3.83. The highest BCUT2D eigenvalue weighted by atomic mass is 19.4. The molecule has 2 aromatic heterocycles. The minimum atomic E-state index is -4.40. The van der Waals surface area contributed by atoms with Crippen LogP contribution < -0.4 is 5.32 Å². The van der Waals surface area contributed by atoms with Crippen LogP contribution in [0.1, 0.15) is 29.7 Å². The molecule has 3 nitrogen and oxygen atoms in total. The summed E-state index contributed by atoms with van der Waals surface area (Å²) in [5.41, 5.74) is 0.170. The Labute approximate surface area is 114 Å². The van der Waals surface area contributed by atoms with Crippen LogP contribution >= 0.6 is 0 Å². The molecular formula is C14H14F3N3. The van der Waals surface area contributed by atoms with Gasteiger partial charge in [0.2, 0.25) is 0 Å². The molecular weight excluding hydrogens is 267 g/mol. The van der Waals surface area contributed by atoms with Crippen molar-refractivity contribution in [3.05, 3.63) is 59.7 Å². The molecule has 1 atom stereocenters. The van der Waals surface area contributed by atoms with E-state index in [-0.39, 0.29) is 5.56 Å². The summed E-state index contributed by atoms with van der Waals surface area (Å²) in [5, 5.41) is 3.06. The third-order valence-corrected chi connectivity index (χ3v) is 2.92.